The molecule has 0 saturated carbocycles. The predicted molar refractivity (Wildman–Crippen MR) is 56.3 cm³/mol. The molecule has 0 spiro atoms. The van der Waals surface area contributed by atoms with Gasteiger partial charge >= 0.3 is 7.48 Å². The van der Waals surface area contributed by atoms with Gasteiger partial charge in [0.05, 0.1) is 0 Å². The molecule has 1 nitrogen and oxygen atoms in total. The van der Waals surface area contributed by atoms with Crippen LogP contribution in [0.15, 0.2) is 24.3 Å². The molecule has 0 aliphatic rings. The van der Waals surface area contributed by atoms with E-state index < -0.39 is 0 Å². The lowest BCUT2D eigenvalue weighted by atomic mass is 9.88. The fourth-order valence-electron chi connectivity index (χ4n) is 0.845. The molecule has 0 saturated heterocycles. The van der Waals surface area contributed by atoms with Crippen LogP contribution in [0, 0.1) is 6.92 Å². The molecular weight excluding hydrogens is 215 g/mol. The van der Waals surface area contributed by atoms with Crippen LogP contribution in [-0.2, 0) is 4.65 Å². The van der Waals surface area contributed by atoms with Gasteiger partial charge in [0.15, 0.2) is 0 Å². The largest absolute Gasteiger partial charge is 0.433 e. The summed E-state index contributed by atoms with van der Waals surface area (Å²) in [5.41, 5.74) is 2.38. The van der Waals surface area contributed by atoms with Crippen molar-refractivity contribution < 1.29 is 4.65 Å². The van der Waals surface area contributed by atoms with Gasteiger partial charge in [-0.3, -0.25) is 0 Å². The molecule has 3 heteroatoms. The van der Waals surface area contributed by atoms with Crippen LogP contribution >= 0.6 is 15.9 Å². The van der Waals surface area contributed by atoms with Gasteiger partial charge in [-0.05, 0) is 6.92 Å². The summed E-state index contributed by atoms with van der Waals surface area (Å²) < 4.78 is 5.24. The standard InChI is InChI=1S/C9H11BBrO/c1-8-2-4-9(5-3-8)10-12-7-6-11/h2-5H,6-7H2,1H3. The van der Waals surface area contributed by atoms with Crippen molar-refractivity contribution in [1.29, 1.82) is 0 Å². The molecule has 1 radical (unpaired) electrons. The fourth-order valence-corrected chi connectivity index (χ4v) is 1.03. The average molecular weight is 226 g/mol. The van der Waals surface area contributed by atoms with E-state index >= 15 is 0 Å². The molecule has 1 aromatic rings. The van der Waals surface area contributed by atoms with Crippen molar-refractivity contribution in [2.45, 2.75) is 6.92 Å². The molecule has 0 atom stereocenters. The summed E-state index contributed by atoms with van der Waals surface area (Å²) >= 11 is 3.29. The fraction of sp³-hybridized carbons (Fsp3) is 0.333. The van der Waals surface area contributed by atoms with Crippen molar-refractivity contribution in [3.63, 3.8) is 0 Å². The van der Waals surface area contributed by atoms with Gasteiger partial charge in [-0.2, -0.15) is 0 Å². The van der Waals surface area contributed by atoms with E-state index in [0.29, 0.717) is 6.61 Å². The molecule has 0 aliphatic heterocycles. The van der Waals surface area contributed by atoms with Crippen LogP contribution in [0.2, 0.25) is 0 Å². The Morgan fingerprint density at radius 2 is 2.00 bits per heavy atom. The second-order valence-corrected chi connectivity index (χ2v) is 3.38. The van der Waals surface area contributed by atoms with Crippen LogP contribution in [0.5, 0.6) is 0 Å². The zero-order valence-electron chi connectivity index (χ0n) is 7.09. The summed E-state index contributed by atoms with van der Waals surface area (Å²) in [4.78, 5) is 0. The highest BCUT2D eigenvalue weighted by molar-refractivity contribution is 9.09. The molecule has 0 amide bonds. The van der Waals surface area contributed by atoms with E-state index in [1.807, 2.05) is 12.1 Å². The van der Waals surface area contributed by atoms with Crippen molar-refractivity contribution in [3.8, 4) is 0 Å². The van der Waals surface area contributed by atoms with E-state index in [0.717, 1.165) is 10.8 Å². The number of aryl methyl sites for hydroxylation is 1. The van der Waals surface area contributed by atoms with E-state index in [4.69, 9.17) is 4.65 Å². The number of rotatable bonds is 4. The van der Waals surface area contributed by atoms with Gasteiger partial charge in [-0.15, -0.1) is 0 Å². The summed E-state index contributed by atoms with van der Waals surface area (Å²) in [7, 11) is 1.78. The van der Waals surface area contributed by atoms with Crippen LogP contribution in [0.1, 0.15) is 5.56 Å². The van der Waals surface area contributed by atoms with Crippen LogP contribution < -0.4 is 5.46 Å². The highest BCUT2D eigenvalue weighted by atomic mass is 79.9. The van der Waals surface area contributed by atoms with E-state index in [-0.39, 0.29) is 0 Å². The van der Waals surface area contributed by atoms with Gasteiger partial charge in [-0.25, -0.2) is 0 Å². The maximum Gasteiger partial charge on any atom is 0.330 e. The first-order valence-electron chi connectivity index (χ1n) is 3.90. The van der Waals surface area contributed by atoms with E-state index in [1.54, 1.807) is 7.48 Å². The maximum atomic E-state index is 5.24. The van der Waals surface area contributed by atoms with Crippen LogP contribution in [-0.4, -0.2) is 19.4 Å². The van der Waals surface area contributed by atoms with Crippen molar-refractivity contribution in [3.05, 3.63) is 29.8 Å². The highest BCUT2D eigenvalue weighted by Crippen LogP contribution is 1.92. The summed E-state index contributed by atoms with van der Waals surface area (Å²) in [6.45, 7) is 2.79. The predicted octanol–water partition coefficient (Wildman–Crippen LogP) is 1.65. The van der Waals surface area contributed by atoms with Gasteiger partial charge in [-0.1, -0.05) is 51.2 Å². The Labute approximate surface area is 82.5 Å². The zero-order chi connectivity index (χ0) is 8.81. The van der Waals surface area contributed by atoms with Crippen molar-refractivity contribution in [2.24, 2.45) is 0 Å². The molecule has 0 N–H and O–H groups in total. The number of hydrogen-bond donors (Lipinski definition) is 0. The molecule has 0 heterocycles. The number of halogens is 1. The van der Waals surface area contributed by atoms with Gasteiger partial charge in [0.2, 0.25) is 0 Å². The van der Waals surface area contributed by atoms with Crippen LogP contribution in [0.4, 0.5) is 0 Å². The molecular formula is C9H11BBrO. The molecule has 0 fully saturated rings. The Morgan fingerprint density at radius 3 is 2.58 bits per heavy atom. The highest BCUT2D eigenvalue weighted by Gasteiger charge is 1.95. The number of hydrogen-bond acceptors (Lipinski definition) is 1. The first-order chi connectivity index (χ1) is 5.83. The topological polar surface area (TPSA) is 9.23 Å². The molecule has 1 aromatic carbocycles. The van der Waals surface area contributed by atoms with E-state index in [1.165, 1.54) is 5.56 Å². The third kappa shape index (κ3) is 3.41. The third-order valence-electron chi connectivity index (χ3n) is 1.49. The molecule has 12 heavy (non-hydrogen) atoms. The minimum Gasteiger partial charge on any atom is -0.433 e. The molecule has 1 rings (SSSR count). The second-order valence-electron chi connectivity index (χ2n) is 2.59. The molecule has 0 unspecified atom stereocenters. The lowest BCUT2D eigenvalue weighted by Gasteiger charge is -2.00. The summed E-state index contributed by atoms with van der Waals surface area (Å²) in [5.74, 6) is 0. The number of alkyl halides is 1. The maximum absolute atomic E-state index is 5.24. The van der Waals surface area contributed by atoms with Crippen molar-refractivity contribution in [2.75, 3.05) is 11.9 Å². The SMILES string of the molecule is Cc1ccc([B]OCCBr)cc1. The van der Waals surface area contributed by atoms with E-state index in [9.17, 15) is 0 Å². The molecule has 63 valence electrons. The van der Waals surface area contributed by atoms with Gasteiger partial charge in [0, 0.05) is 11.9 Å². The van der Waals surface area contributed by atoms with Crippen molar-refractivity contribution in [1.82, 2.24) is 0 Å². The summed E-state index contributed by atoms with van der Waals surface area (Å²) in [5, 5.41) is 0.870. The Kier molecular flexibility index (Phi) is 4.40. The first kappa shape index (κ1) is 9.81. The number of benzene rings is 1. The normalized spacial score (nSPS) is 9.83. The smallest absolute Gasteiger partial charge is 0.330 e. The zero-order valence-corrected chi connectivity index (χ0v) is 8.67. The molecule has 0 bridgehead atoms. The van der Waals surface area contributed by atoms with Crippen LogP contribution in [0.25, 0.3) is 0 Å². The molecule has 0 aliphatic carbocycles. The first-order valence-corrected chi connectivity index (χ1v) is 5.02. The van der Waals surface area contributed by atoms with Gasteiger partial charge in [0.25, 0.3) is 0 Å². The minimum absolute atomic E-state index is 0.716. The molecule has 0 aromatic heterocycles. The lowest BCUT2D eigenvalue weighted by molar-refractivity contribution is 0.372. The minimum atomic E-state index is 0.716. The second kappa shape index (κ2) is 5.38. The average Bonchev–Trinajstić information content (AvgIpc) is 2.09. The van der Waals surface area contributed by atoms with Crippen molar-refractivity contribution >= 4 is 28.9 Å². The quantitative estimate of drug-likeness (QED) is 0.430. The van der Waals surface area contributed by atoms with Gasteiger partial charge in [0.1, 0.15) is 0 Å². The Hall–Kier alpha value is -0.275. The third-order valence-corrected chi connectivity index (χ3v) is 1.82. The van der Waals surface area contributed by atoms with Gasteiger partial charge < -0.3 is 4.65 Å². The Morgan fingerprint density at radius 1 is 1.33 bits per heavy atom. The summed E-state index contributed by atoms with van der Waals surface area (Å²) in [6.07, 6.45) is 0. The Balaban J connectivity index is 2.37. The summed E-state index contributed by atoms with van der Waals surface area (Å²) in [6, 6.07) is 8.24. The monoisotopic (exact) mass is 225 g/mol. The lowest BCUT2D eigenvalue weighted by Crippen LogP contribution is -2.17. The van der Waals surface area contributed by atoms with Crippen LogP contribution in [0.3, 0.4) is 0 Å². The Bertz CT molecular complexity index is 222. The van der Waals surface area contributed by atoms with E-state index in [2.05, 4.69) is 35.0 Å².